The zero-order valence-electron chi connectivity index (χ0n) is 25.0. The maximum atomic E-state index is 14.7. The molecule has 11 heteroatoms. The van der Waals surface area contributed by atoms with Crippen LogP contribution in [0.2, 0.25) is 0 Å². The van der Waals surface area contributed by atoms with Gasteiger partial charge in [0.25, 0.3) is 0 Å². The summed E-state index contributed by atoms with van der Waals surface area (Å²) in [6, 6.07) is 14.5. The minimum Gasteiger partial charge on any atom is -0.337 e. The summed E-state index contributed by atoms with van der Waals surface area (Å²) in [6.45, 7) is 1.80. The lowest BCUT2D eigenvalue weighted by molar-refractivity contribution is 0.489. The summed E-state index contributed by atoms with van der Waals surface area (Å²) in [5.74, 6) is 0.869. The second kappa shape index (κ2) is 12.1. The van der Waals surface area contributed by atoms with Crippen LogP contribution in [0, 0.1) is 11.7 Å². The van der Waals surface area contributed by atoms with Crippen molar-refractivity contribution in [3.8, 4) is 33.9 Å². The molecule has 1 fully saturated rings. The van der Waals surface area contributed by atoms with Crippen molar-refractivity contribution in [2.45, 2.75) is 38.6 Å². The zero-order valence-corrected chi connectivity index (χ0v) is 25.8. The molecule has 6 aromatic rings. The Hall–Kier alpha value is -4.48. The fraction of sp³-hybridized carbons (Fsp3) is 0.294. The van der Waals surface area contributed by atoms with Crippen LogP contribution < -0.4 is 5.32 Å². The Kier molecular flexibility index (Phi) is 7.88. The Morgan fingerprint density at radius 3 is 2.67 bits per heavy atom. The highest BCUT2D eigenvalue weighted by Gasteiger charge is 2.18. The van der Waals surface area contributed by atoms with E-state index in [0.29, 0.717) is 28.2 Å². The van der Waals surface area contributed by atoms with Crippen LogP contribution in [0.25, 0.3) is 55.8 Å². The van der Waals surface area contributed by atoms with Gasteiger partial charge in [-0.2, -0.15) is 5.10 Å². The average molecular weight is 624 g/mol. The number of hydrogen-bond donors (Lipinski definition) is 3. The molecule has 0 aliphatic heterocycles. The van der Waals surface area contributed by atoms with Crippen molar-refractivity contribution < 1.29 is 12.8 Å². The van der Waals surface area contributed by atoms with Gasteiger partial charge in [-0.05, 0) is 78.7 Å². The van der Waals surface area contributed by atoms with Gasteiger partial charge in [0, 0.05) is 41.7 Å². The summed E-state index contributed by atoms with van der Waals surface area (Å²) in [6.07, 6.45) is 12.2. The molecule has 0 bridgehead atoms. The van der Waals surface area contributed by atoms with Crippen molar-refractivity contribution in [2.24, 2.45) is 5.92 Å². The minimum atomic E-state index is -3.18. The Balaban J connectivity index is 1.19. The maximum absolute atomic E-state index is 14.7. The molecule has 4 heterocycles. The normalized spacial score (nSPS) is 14.2. The van der Waals surface area contributed by atoms with Crippen molar-refractivity contribution in [3.05, 3.63) is 84.1 Å². The van der Waals surface area contributed by atoms with Crippen molar-refractivity contribution >= 4 is 31.8 Å². The van der Waals surface area contributed by atoms with Crippen LogP contribution in [0.15, 0.2) is 67.1 Å². The van der Waals surface area contributed by atoms with E-state index in [1.807, 2.05) is 42.7 Å². The number of halogens is 1. The van der Waals surface area contributed by atoms with E-state index in [9.17, 15) is 12.8 Å². The Morgan fingerprint density at radius 2 is 1.82 bits per heavy atom. The quantitative estimate of drug-likeness (QED) is 0.165. The lowest BCUT2D eigenvalue weighted by Gasteiger charge is -2.11. The van der Waals surface area contributed by atoms with E-state index in [1.54, 1.807) is 6.20 Å². The third kappa shape index (κ3) is 6.50. The summed E-state index contributed by atoms with van der Waals surface area (Å²) in [4.78, 5) is 17.5. The number of pyridine rings is 2. The lowest BCUT2D eigenvalue weighted by atomic mass is 10.0. The molecule has 230 valence electrons. The number of nitrogens with one attached hydrogen (secondary N) is 3. The number of nitrogens with zero attached hydrogens (tertiary/aromatic N) is 4. The predicted molar refractivity (Wildman–Crippen MR) is 175 cm³/mol. The van der Waals surface area contributed by atoms with E-state index in [0.717, 1.165) is 57.8 Å². The van der Waals surface area contributed by atoms with Gasteiger partial charge in [0.05, 0.1) is 34.2 Å². The summed E-state index contributed by atoms with van der Waals surface area (Å²) in [5, 5.41) is 12.1. The molecule has 0 saturated heterocycles. The number of aromatic nitrogens is 6. The van der Waals surface area contributed by atoms with Gasteiger partial charge in [0.2, 0.25) is 0 Å². The molecule has 0 amide bonds. The summed E-state index contributed by atoms with van der Waals surface area (Å²) >= 11 is 0. The third-order valence-corrected chi connectivity index (χ3v) is 9.49. The number of aryl methyl sites for hydroxylation is 1. The molecular formula is C34H34FN7O2S. The van der Waals surface area contributed by atoms with E-state index in [-0.39, 0.29) is 12.2 Å². The van der Waals surface area contributed by atoms with Gasteiger partial charge >= 0.3 is 0 Å². The van der Waals surface area contributed by atoms with Crippen LogP contribution in [0.5, 0.6) is 0 Å². The number of hydrogen-bond acceptors (Lipinski definition) is 7. The maximum Gasteiger partial charge on any atom is 0.159 e. The molecule has 1 aliphatic carbocycles. The molecular weight excluding hydrogens is 589 g/mol. The first-order chi connectivity index (χ1) is 21.8. The van der Waals surface area contributed by atoms with Crippen molar-refractivity contribution in [2.75, 3.05) is 18.6 Å². The van der Waals surface area contributed by atoms with Gasteiger partial charge in [0.15, 0.2) is 5.82 Å². The van der Waals surface area contributed by atoms with Crippen LogP contribution in [-0.2, 0) is 22.8 Å². The minimum absolute atomic E-state index is 0.0482. The fourth-order valence-corrected chi connectivity index (χ4v) is 6.85. The van der Waals surface area contributed by atoms with Crippen LogP contribution in [0.4, 0.5) is 4.39 Å². The SMILES string of the molecule is CS(=O)(=O)CCc1cc(F)cc(-c2cccc3[nH]c(-c4n[nH]c5cnc(-c6cncc(CNCC7CCCC7)c6)cc45)nc23)c1. The van der Waals surface area contributed by atoms with Crippen molar-refractivity contribution in [3.63, 3.8) is 0 Å². The van der Waals surface area contributed by atoms with Gasteiger partial charge in [-0.1, -0.05) is 31.0 Å². The van der Waals surface area contributed by atoms with Gasteiger partial charge in [-0.3, -0.25) is 15.1 Å². The number of H-pyrrole nitrogens is 2. The number of rotatable bonds is 10. The number of fused-ring (bicyclic) bond motifs is 2. The number of aromatic amines is 2. The molecule has 1 saturated carbocycles. The highest BCUT2D eigenvalue weighted by Crippen LogP contribution is 2.33. The largest absolute Gasteiger partial charge is 0.337 e. The topological polar surface area (TPSA) is 129 Å². The monoisotopic (exact) mass is 623 g/mol. The number of imidazole rings is 1. The highest BCUT2D eigenvalue weighted by atomic mass is 32.2. The van der Waals surface area contributed by atoms with Crippen LogP contribution in [0.3, 0.4) is 0 Å². The first-order valence-corrected chi connectivity index (χ1v) is 17.3. The number of para-hydroxylation sites is 1. The molecule has 7 rings (SSSR count). The molecule has 0 radical (unpaired) electrons. The summed E-state index contributed by atoms with van der Waals surface area (Å²) in [5.41, 5.74) is 7.67. The number of sulfone groups is 1. The molecule has 3 N–H and O–H groups in total. The smallest absolute Gasteiger partial charge is 0.159 e. The van der Waals surface area contributed by atoms with E-state index in [1.165, 1.54) is 44.1 Å². The standard InChI is InChI=1S/C34H34FN7O2S/c1-45(43,44)10-9-22-11-24(14-26(35)13-22)27-7-4-8-29-32(27)40-34(39-29)33-28-15-30(38-20-31(28)41-42-33)25-12-23(18-37-19-25)17-36-16-21-5-2-3-6-21/h4,7-8,11-15,18-21,36H,2-3,5-6,9-10,16-17H2,1H3,(H,39,40)(H,41,42). The first-order valence-electron chi connectivity index (χ1n) is 15.2. The van der Waals surface area contributed by atoms with E-state index in [4.69, 9.17) is 4.98 Å². The second-order valence-electron chi connectivity index (χ2n) is 12.1. The van der Waals surface area contributed by atoms with Gasteiger partial charge in [0.1, 0.15) is 21.3 Å². The number of benzene rings is 2. The van der Waals surface area contributed by atoms with Crippen LogP contribution in [0.1, 0.15) is 36.8 Å². The summed E-state index contributed by atoms with van der Waals surface area (Å²) in [7, 11) is -3.18. The van der Waals surface area contributed by atoms with Crippen molar-refractivity contribution in [1.82, 2.24) is 35.5 Å². The molecule has 45 heavy (non-hydrogen) atoms. The van der Waals surface area contributed by atoms with Crippen LogP contribution >= 0.6 is 0 Å². The van der Waals surface area contributed by atoms with Crippen LogP contribution in [-0.4, -0.2) is 57.1 Å². The predicted octanol–water partition coefficient (Wildman–Crippen LogP) is 6.24. The fourth-order valence-electron chi connectivity index (χ4n) is 6.25. The Labute approximate surface area is 260 Å². The average Bonchev–Trinajstić information content (AvgIpc) is 3.79. The molecule has 9 nitrogen and oxygen atoms in total. The van der Waals surface area contributed by atoms with Gasteiger partial charge in [-0.15, -0.1) is 0 Å². The Bertz CT molecular complexity index is 2120. The third-order valence-electron chi connectivity index (χ3n) is 8.54. The van der Waals surface area contributed by atoms with Gasteiger partial charge < -0.3 is 10.3 Å². The lowest BCUT2D eigenvalue weighted by Crippen LogP contribution is -2.20. The van der Waals surface area contributed by atoms with E-state index in [2.05, 4.69) is 36.5 Å². The van der Waals surface area contributed by atoms with E-state index >= 15 is 0 Å². The molecule has 1 aliphatic rings. The summed E-state index contributed by atoms with van der Waals surface area (Å²) < 4.78 is 38.1. The zero-order chi connectivity index (χ0) is 31.0. The second-order valence-corrected chi connectivity index (χ2v) is 14.3. The Morgan fingerprint density at radius 1 is 0.978 bits per heavy atom. The molecule has 4 aromatic heterocycles. The molecule has 0 unspecified atom stereocenters. The van der Waals surface area contributed by atoms with E-state index < -0.39 is 15.7 Å². The molecule has 0 atom stereocenters. The molecule has 0 spiro atoms. The first kappa shape index (κ1) is 29.2. The van der Waals surface area contributed by atoms with Gasteiger partial charge in [-0.25, -0.2) is 17.8 Å². The molecule has 2 aromatic carbocycles. The van der Waals surface area contributed by atoms with Crippen molar-refractivity contribution in [1.29, 1.82) is 0 Å². The highest BCUT2D eigenvalue weighted by molar-refractivity contribution is 7.90.